The zero-order chi connectivity index (χ0) is 17.5. The number of rotatable bonds is 6. The van der Waals surface area contributed by atoms with Crippen molar-refractivity contribution in [1.82, 2.24) is 0 Å². The SMILES string of the molecule is COC(=O)c1ccc(OC)cc1OCC(=O)Nc1cccc(I)c1. The molecule has 0 fully saturated rings. The maximum absolute atomic E-state index is 12.0. The van der Waals surface area contributed by atoms with Gasteiger partial charge in [-0.25, -0.2) is 4.79 Å². The molecule has 0 aliphatic heterocycles. The largest absolute Gasteiger partial charge is 0.497 e. The number of methoxy groups -OCH3 is 2. The number of carbonyl (C=O) groups is 2. The van der Waals surface area contributed by atoms with Crippen molar-refractivity contribution in [1.29, 1.82) is 0 Å². The molecule has 1 N–H and O–H groups in total. The van der Waals surface area contributed by atoms with Crippen LogP contribution in [-0.4, -0.2) is 32.7 Å². The minimum absolute atomic E-state index is 0.221. The lowest BCUT2D eigenvalue weighted by Crippen LogP contribution is -2.21. The number of ether oxygens (including phenoxy) is 3. The average Bonchev–Trinajstić information content (AvgIpc) is 2.59. The molecular weight excluding hydrogens is 425 g/mol. The Morgan fingerprint density at radius 3 is 2.58 bits per heavy atom. The molecule has 0 bridgehead atoms. The number of carbonyl (C=O) groups excluding carboxylic acids is 2. The van der Waals surface area contributed by atoms with Crippen molar-refractivity contribution >= 4 is 40.2 Å². The van der Waals surface area contributed by atoms with Crippen LogP contribution in [-0.2, 0) is 9.53 Å². The van der Waals surface area contributed by atoms with Crippen molar-refractivity contribution in [2.45, 2.75) is 0 Å². The molecule has 24 heavy (non-hydrogen) atoms. The fourth-order valence-corrected chi connectivity index (χ4v) is 2.48. The highest BCUT2D eigenvalue weighted by Crippen LogP contribution is 2.25. The van der Waals surface area contributed by atoms with E-state index < -0.39 is 5.97 Å². The lowest BCUT2D eigenvalue weighted by Gasteiger charge is -2.12. The fraction of sp³-hybridized carbons (Fsp3) is 0.176. The molecule has 0 saturated heterocycles. The Morgan fingerprint density at radius 1 is 1.12 bits per heavy atom. The van der Waals surface area contributed by atoms with Gasteiger partial charge in [0.05, 0.1) is 14.2 Å². The van der Waals surface area contributed by atoms with Gasteiger partial charge in [-0.2, -0.15) is 0 Å². The molecule has 126 valence electrons. The molecular formula is C17H16INO5. The summed E-state index contributed by atoms with van der Waals surface area (Å²) >= 11 is 2.16. The van der Waals surface area contributed by atoms with Gasteiger partial charge in [0, 0.05) is 15.3 Å². The Kier molecular flexibility index (Phi) is 6.42. The van der Waals surface area contributed by atoms with Crippen LogP contribution < -0.4 is 14.8 Å². The lowest BCUT2D eigenvalue weighted by molar-refractivity contribution is -0.118. The molecule has 0 aromatic heterocycles. The molecule has 1 amide bonds. The van der Waals surface area contributed by atoms with Gasteiger partial charge in [0.25, 0.3) is 5.91 Å². The van der Waals surface area contributed by atoms with Crippen LogP contribution in [0.1, 0.15) is 10.4 Å². The Morgan fingerprint density at radius 2 is 1.92 bits per heavy atom. The van der Waals surface area contributed by atoms with Crippen LogP contribution in [0.25, 0.3) is 0 Å². The highest BCUT2D eigenvalue weighted by atomic mass is 127. The Balaban J connectivity index is 2.07. The summed E-state index contributed by atoms with van der Waals surface area (Å²) in [5.41, 5.74) is 0.898. The summed E-state index contributed by atoms with van der Waals surface area (Å²) in [5, 5.41) is 2.73. The predicted octanol–water partition coefficient (Wildman–Crippen LogP) is 3.10. The summed E-state index contributed by atoms with van der Waals surface area (Å²) in [6, 6.07) is 12.1. The molecule has 2 aromatic carbocycles. The van der Waals surface area contributed by atoms with Crippen LogP contribution in [0.2, 0.25) is 0 Å². The average molecular weight is 441 g/mol. The first kappa shape index (κ1) is 18.1. The summed E-state index contributed by atoms with van der Waals surface area (Å²) in [4.78, 5) is 23.8. The topological polar surface area (TPSA) is 73.9 Å². The van der Waals surface area contributed by atoms with Crippen molar-refractivity contribution in [2.24, 2.45) is 0 Å². The van der Waals surface area contributed by atoms with E-state index in [1.807, 2.05) is 18.2 Å². The molecule has 2 rings (SSSR count). The third-order valence-electron chi connectivity index (χ3n) is 3.06. The highest BCUT2D eigenvalue weighted by Gasteiger charge is 2.15. The van der Waals surface area contributed by atoms with Crippen molar-refractivity contribution in [3.8, 4) is 11.5 Å². The molecule has 0 saturated carbocycles. The van der Waals surface area contributed by atoms with Gasteiger partial charge < -0.3 is 19.5 Å². The number of anilines is 1. The van der Waals surface area contributed by atoms with Crippen LogP contribution >= 0.6 is 22.6 Å². The van der Waals surface area contributed by atoms with Gasteiger partial charge in [-0.05, 0) is 52.9 Å². The molecule has 0 heterocycles. The third kappa shape index (κ3) is 4.85. The zero-order valence-electron chi connectivity index (χ0n) is 13.2. The van der Waals surface area contributed by atoms with E-state index in [9.17, 15) is 9.59 Å². The Bertz CT molecular complexity index is 748. The summed E-state index contributed by atoms with van der Waals surface area (Å²) in [6.45, 7) is -0.247. The fourth-order valence-electron chi connectivity index (χ4n) is 1.93. The first-order chi connectivity index (χ1) is 11.5. The monoisotopic (exact) mass is 441 g/mol. The van der Waals surface area contributed by atoms with Crippen molar-refractivity contribution < 1.29 is 23.8 Å². The molecule has 0 aliphatic carbocycles. The normalized spacial score (nSPS) is 9.96. The molecule has 0 unspecified atom stereocenters. The second kappa shape index (κ2) is 8.53. The number of esters is 1. The van der Waals surface area contributed by atoms with Crippen LogP contribution in [0.15, 0.2) is 42.5 Å². The maximum atomic E-state index is 12.0. The quantitative estimate of drug-likeness (QED) is 0.551. The van der Waals surface area contributed by atoms with E-state index in [1.54, 1.807) is 12.1 Å². The van der Waals surface area contributed by atoms with Gasteiger partial charge in [-0.15, -0.1) is 0 Å². The van der Waals surface area contributed by atoms with E-state index in [0.717, 1.165) is 3.57 Å². The number of benzene rings is 2. The molecule has 2 aromatic rings. The molecule has 0 aliphatic rings. The first-order valence-corrected chi connectivity index (χ1v) is 8.06. The second-order valence-electron chi connectivity index (χ2n) is 4.70. The molecule has 7 heteroatoms. The van der Waals surface area contributed by atoms with Gasteiger partial charge in [-0.1, -0.05) is 6.07 Å². The van der Waals surface area contributed by atoms with Gasteiger partial charge in [0.2, 0.25) is 0 Å². The van der Waals surface area contributed by atoms with Gasteiger partial charge >= 0.3 is 5.97 Å². The smallest absolute Gasteiger partial charge is 0.341 e. The van der Waals surface area contributed by atoms with E-state index in [0.29, 0.717) is 11.4 Å². The van der Waals surface area contributed by atoms with E-state index in [2.05, 4.69) is 27.9 Å². The molecule has 6 nitrogen and oxygen atoms in total. The third-order valence-corrected chi connectivity index (χ3v) is 3.73. The minimum Gasteiger partial charge on any atom is -0.497 e. The van der Waals surface area contributed by atoms with Gasteiger partial charge in [0.1, 0.15) is 17.1 Å². The van der Waals surface area contributed by atoms with Crippen molar-refractivity contribution in [3.05, 3.63) is 51.6 Å². The summed E-state index contributed by atoms with van der Waals surface area (Å²) in [6.07, 6.45) is 0. The van der Waals surface area contributed by atoms with Crippen LogP contribution in [0.5, 0.6) is 11.5 Å². The first-order valence-electron chi connectivity index (χ1n) is 6.98. The standard InChI is InChI=1S/C17H16INO5/c1-22-13-6-7-14(17(21)23-2)15(9-13)24-10-16(20)19-12-5-3-4-11(18)8-12/h3-9H,10H2,1-2H3,(H,19,20). The molecule has 0 atom stereocenters. The Labute approximate surface area is 153 Å². The summed E-state index contributed by atoms with van der Waals surface area (Å²) in [5.74, 6) is -0.157. The number of nitrogens with one attached hydrogen (secondary N) is 1. The van der Waals surface area contributed by atoms with Crippen LogP contribution in [0.3, 0.4) is 0 Å². The number of hydrogen-bond donors (Lipinski definition) is 1. The van der Waals surface area contributed by atoms with Crippen molar-refractivity contribution in [2.75, 3.05) is 26.1 Å². The molecule has 0 spiro atoms. The summed E-state index contributed by atoms with van der Waals surface area (Å²) < 4.78 is 16.3. The van der Waals surface area contributed by atoms with E-state index in [4.69, 9.17) is 14.2 Å². The van der Waals surface area contributed by atoms with Crippen LogP contribution in [0, 0.1) is 3.57 Å². The summed E-state index contributed by atoms with van der Waals surface area (Å²) in [7, 11) is 2.78. The highest BCUT2D eigenvalue weighted by molar-refractivity contribution is 14.1. The van der Waals surface area contributed by atoms with E-state index in [-0.39, 0.29) is 23.8 Å². The van der Waals surface area contributed by atoms with Crippen molar-refractivity contribution in [3.63, 3.8) is 0 Å². The van der Waals surface area contributed by atoms with E-state index >= 15 is 0 Å². The van der Waals surface area contributed by atoms with Gasteiger partial charge in [-0.3, -0.25) is 4.79 Å². The zero-order valence-corrected chi connectivity index (χ0v) is 15.3. The second-order valence-corrected chi connectivity index (χ2v) is 5.95. The number of hydrogen-bond acceptors (Lipinski definition) is 5. The van der Waals surface area contributed by atoms with E-state index in [1.165, 1.54) is 26.4 Å². The lowest BCUT2D eigenvalue weighted by atomic mass is 10.2. The number of halogens is 1. The predicted molar refractivity (Wildman–Crippen MR) is 97.6 cm³/mol. The Hall–Kier alpha value is -2.29. The molecule has 0 radical (unpaired) electrons. The maximum Gasteiger partial charge on any atom is 0.341 e. The van der Waals surface area contributed by atoms with Crippen LogP contribution in [0.4, 0.5) is 5.69 Å². The minimum atomic E-state index is -0.550. The number of amides is 1. The van der Waals surface area contributed by atoms with Gasteiger partial charge in [0.15, 0.2) is 6.61 Å².